The third-order valence-corrected chi connectivity index (χ3v) is 5.19. The topological polar surface area (TPSA) is 74.8 Å². The number of hydrogen-bond donors (Lipinski definition) is 2. The lowest BCUT2D eigenvalue weighted by Gasteiger charge is -2.21. The summed E-state index contributed by atoms with van der Waals surface area (Å²) in [6, 6.07) is 6.48. The number of nitrogens with one attached hydrogen (secondary N) is 2. The molecule has 1 amide bonds. The van der Waals surface area contributed by atoms with Gasteiger partial charge in [-0.2, -0.15) is 0 Å². The minimum absolute atomic E-state index is 0.0113. The van der Waals surface area contributed by atoms with Gasteiger partial charge in [-0.3, -0.25) is 9.59 Å². The lowest BCUT2D eigenvalue weighted by Crippen LogP contribution is -2.40. The van der Waals surface area contributed by atoms with Gasteiger partial charge >= 0.3 is 0 Å². The highest BCUT2D eigenvalue weighted by atomic mass is 32.2. The molecule has 0 spiro atoms. The molecule has 3 rings (SSSR count). The highest BCUT2D eigenvalue weighted by molar-refractivity contribution is 7.98. The maximum Gasteiger partial charge on any atom is 0.264 e. The van der Waals surface area contributed by atoms with Gasteiger partial charge in [0.15, 0.2) is 5.16 Å². The highest BCUT2D eigenvalue weighted by Crippen LogP contribution is 2.29. The number of benzene rings is 1. The molecule has 1 fully saturated rings. The zero-order chi connectivity index (χ0) is 17.8. The van der Waals surface area contributed by atoms with E-state index in [9.17, 15) is 14.0 Å². The van der Waals surface area contributed by atoms with Crippen LogP contribution in [0.15, 0.2) is 40.4 Å². The van der Waals surface area contributed by atoms with E-state index in [1.54, 1.807) is 18.4 Å². The van der Waals surface area contributed by atoms with Gasteiger partial charge in [0.1, 0.15) is 11.4 Å². The maximum atomic E-state index is 13.0. The molecule has 0 unspecified atom stereocenters. The van der Waals surface area contributed by atoms with Gasteiger partial charge < -0.3 is 10.3 Å². The fourth-order valence-corrected chi connectivity index (χ4v) is 3.64. The molecule has 0 saturated heterocycles. The van der Waals surface area contributed by atoms with Crippen LogP contribution in [0.3, 0.4) is 0 Å². The molecule has 2 aromatic rings. The van der Waals surface area contributed by atoms with Gasteiger partial charge in [-0.1, -0.05) is 30.3 Å². The molecule has 1 aliphatic rings. The summed E-state index contributed by atoms with van der Waals surface area (Å²) >= 11 is 1.31. The number of aromatic amines is 1. The Hall–Kier alpha value is -2.15. The number of H-pyrrole nitrogens is 1. The van der Waals surface area contributed by atoms with Crippen molar-refractivity contribution in [3.8, 4) is 0 Å². The van der Waals surface area contributed by atoms with Gasteiger partial charge in [0, 0.05) is 12.2 Å². The molecule has 1 aromatic heterocycles. The standard InChI is InChI=1S/C18H20FN3O2S/c1-25-18-20-10-14(17(24)22-18)16(23)21-15-4-2-3-12(15)9-11-5-7-13(19)8-6-11/h5-8,10,12,15H,2-4,9H2,1H3,(H,21,23)(H,20,22,24)/t12-,15-/m1/s1. The van der Waals surface area contributed by atoms with E-state index in [0.717, 1.165) is 31.2 Å². The van der Waals surface area contributed by atoms with Gasteiger partial charge in [0.2, 0.25) is 0 Å². The van der Waals surface area contributed by atoms with E-state index >= 15 is 0 Å². The van der Waals surface area contributed by atoms with E-state index in [2.05, 4.69) is 15.3 Å². The molecule has 5 nitrogen and oxygen atoms in total. The van der Waals surface area contributed by atoms with Crippen LogP contribution in [0, 0.1) is 11.7 Å². The van der Waals surface area contributed by atoms with Crippen molar-refractivity contribution in [1.82, 2.24) is 15.3 Å². The Morgan fingerprint density at radius 1 is 1.36 bits per heavy atom. The first-order valence-electron chi connectivity index (χ1n) is 8.25. The van der Waals surface area contributed by atoms with Crippen LogP contribution in [0.1, 0.15) is 35.2 Å². The molecule has 25 heavy (non-hydrogen) atoms. The summed E-state index contributed by atoms with van der Waals surface area (Å²) in [7, 11) is 0. The lowest BCUT2D eigenvalue weighted by molar-refractivity contribution is 0.0925. The maximum absolute atomic E-state index is 13.0. The molecule has 132 valence electrons. The molecule has 7 heteroatoms. The Morgan fingerprint density at radius 3 is 2.80 bits per heavy atom. The molecule has 0 bridgehead atoms. The Bertz CT molecular complexity index is 807. The number of hydrogen-bond acceptors (Lipinski definition) is 4. The van der Waals surface area contributed by atoms with E-state index in [0.29, 0.717) is 5.16 Å². The van der Waals surface area contributed by atoms with E-state index in [1.165, 1.54) is 30.1 Å². The number of carbonyl (C=O) groups is 1. The summed E-state index contributed by atoms with van der Waals surface area (Å²) in [6.07, 6.45) is 6.82. The Balaban J connectivity index is 1.67. The van der Waals surface area contributed by atoms with Crippen molar-refractivity contribution >= 4 is 17.7 Å². The van der Waals surface area contributed by atoms with Gasteiger partial charge in [-0.05, 0) is 49.1 Å². The molecule has 2 N–H and O–H groups in total. The fourth-order valence-electron chi connectivity index (χ4n) is 3.28. The number of halogens is 1. The first-order valence-corrected chi connectivity index (χ1v) is 9.48. The van der Waals surface area contributed by atoms with Crippen LogP contribution >= 0.6 is 11.8 Å². The summed E-state index contributed by atoms with van der Waals surface area (Å²) in [5.74, 6) is -0.357. The summed E-state index contributed by atoms with van der Waals surface area (Å²) in [5.41, 5.74) is 0.659. The van der Waals surface area contributed by atoms with E-state index in [-0.39, 0.29) is 23.3 Å². The van der Waals surface area contributed by atoms with Crippen molar-refractivity contribution in [2.75, 3.05) is 6.26 Å². The molecule has 1 aliphatic carbocycles. The van der Waals surface area contributed by atoms with Crippen LogP contribution in [0.2, 0.25) is 0 Å². The minimum atomic E-state index is -0.426. The second-order valence-corrected chi connectivity index (χ2v) is 7.03. The van der Waals surface area contributed by atoms with E-state index in [1.807, 2.05) is 0 Å². The van der Waals surface area contributed by atoms with Crippen LogP contribution in [-0.2, 0) is 6.42 Å². The molecule has 1 aromatic carbocycles. The summed E-state index contributed by atoms with van der Waals surface area (Å²) < 4.78 is 13.0. The average molecular weight is 361 g/mol. The van der Waals surface area contributed by atoms with Gasteiger partial charge in [-0.15, -0.1) is 0 Å². The second kappa shape index (κ2) is 7.82. The predicted octanol–water partition coefficient (Wildman–Crippen LogP) is 2.77. The van der Waals surface area contributed by atoms with Crippen molar-refractivity contribution in [3.05, 3.63) is 57.8 Å². The van der Waals surface area contributed by atoms with Gasteiger partial charge in [0.05, 0.1) is 0 Å². The lowest BCUT2D eigenvalue weighted by atomic mass is 9.94. The SMILES string of the molecule is CSc1ncc(C(=O)N[C@@H]2CCC[C@@H]2Cc2ccc(F)cc2)c(=O)[nH]1. The van der Waals surface area contributed by atoms with Crippen molar-refractivity contribution in [3.63, 3.8) is 0 Å². The van der Waals surface area contributed by atoms with Crippen molar-refractivity contribution < 1.29 is 9.18 Å². The second-order valence-electron chi connectivity index (χ2n) is 6.24. The smallest absolute Gasteiger partial charge is 0.264 e. The third-order valence-electron chi connectivity index (χ3n) is 4.60. The van der Waals surface area contributed by atoms with Gasteiger partial charge in [0.25, 0.3) is 11.5 Å². The van der Waals surface area contributed by atoms with E-state index in [4.69, 9.17) is 0 Å². The number of amides is 1. The number of carbonyl (C=O) groups excluding carboxylic acids is 1. The first kappa shape index (κ1) is 17.7. The molecular weight excluding hydrogens is 341 g/mol. The number of rotatable bonds is 5. The van der Waals surface area contributed by atoms with Crippen LogP contribution in [0.4, 0.5) is 4.39 Å². The summed E-state index contributed by atoms with van der Waals surface area (Å²) in [4.78, 5) is 31.1. The molecule has 1 saturated carbocycles. The quantitative estimate of drug-likeness (QED) is 0.634. The van der Waals surface area contributed by atoms with Crippen molar-refractivity contribution in [2.45, 2.75) is 36.9 Å². The molecule has 2 atom stereocenters. The number of nitrogens with zero attached hydrogens (tertiary/aromatic N) is 1. The van der Waals surface area contributed by atoms with Crippen molar-refractivity contribution in [2.24, 2.45) is 5.92 Å². The van der Waals surface area contributed by atoms with Gasteiger partial charge in [-0.25, -0.2) is 9.37 Å². The fraction of sp³-hybridized carbons (Fsp3) is 0.389. The minimum Gasteiger partial charge on any atom is -0.349 e. The van der Waals surface area contributed by atoms with Crippen LogP contribution in [0.5, 0.6) is 0 Å². The third kappa shape index (κ3) is 4.28. The summed E-state index contributed by atoms with van der Waals surface area (Å²) in [5, 5.41) is 3.46. The van der Waals surface area contributed by atoms with E-state index < -0.39 is 11.5 Å². The highest BCUT2D eigenvalue weighted by Gasteiger charge is 2.29. The average Bonchev–Trinajstić information content (AvgIpc) is 3.03. The molecule has 0 radical (unpaired) electrons. The van der Waals surface area contributed by atoms with Crippen LogP contribution in [-0.4, -0.2) is 28.2 Å². The zero-order valence-electron chi connectivity index (χ0n) is 13.9. The van der Waals surface area contributed by atoms with Crippen molar-refractivity contribution in [1.29, 1.82) is 0 Å². The van der Waals surface area contributed by atoms with Crippen LogP contribution in [0.25, 0.3) is 0 Å². The monoisotopic (exact) mass is 361 g/mol. The molecular formula is C18H20FN3O2S. The molecule has 0 aliphatic heterocycles. The van der Waals surface area contributed by atoms with Crippen LogP contribution < -0.4 is 10.9 Å². The number of thioether (sulfide) groups is 1. The predicted molar refractivity (Wildman–Crippen MR) is 95.3 cm³/mol. The normalized spacial score (nSPS) is 19.8. The first-order chi connectivity index (χ1) is 12.1. The molecule has 1 heterocycles. The summed E-state index contributed by atoms with van der Waals surface area (Å²) in [6.45, 7) is 0. The Labute approximate surface area is 149 Å². The number of aromatic nitrogens is 2. The Kier molecular flexibility index (Phi) is 5.53. The largest absolute Gasteiger partial charge is 0.349 e. The zero-order valence-corrected chi connectivity index (χ0v) is 14.7. The Morgan fingerprint density at radius 2 is 2.12 bits per heavy atom.